The topological polar surface area (TPSA) is 80.7 Å². The van der Waals surface area contributed by atoms with Gasteiger partial charge in [-0.05, 0) is 53.1 Å². The first-order chi connectivity index (χ1) is 13.2. The normalized spacial score (nSPS) is 10.3. The third-order valence-corrected chi connectivity index (χ3v) is 4.52. The molecule has 4 heteroatoms. The highest BCUT2D eigenvalue weighted by Crippen LogP contribution is 2.40. The molecule has 27 heavy (non-hydrogen) atoms. The summed E-state index contributed by atoms with van der Waals surface area (Å²) in [4.78, 5) is 4.37. The maximum Gasteiger partial charge on any atom is 0.149 e. The van der Waals surface area contributed by atoms with Crippen molar-refractivity contribution in [2.24, 2.45) is 0 Å². The number of fused-ring (bicyclic) bond motifs is 1. The van der Waals surface area contributed by atoms with Gasteiger partial charge in [-0.25, -0.2) is 0 Å². The number of nitrogens with zero attached hydrogens (tertiary/aromatic N) is 3. The van der Waals surface area contributed by atoms with Crippen LogP contribution in [0.3, 0.4) is 0 Å². The van der Waals surface area contributed by atoms with Gasteiger partial charge in [0.1, 0.15) is 11.3 Å². The summed E-state index contributed by atoms with van der Waals surface area (Å²) < 4.78 is 0. The fourth-order valence-corrected chi connectivity index (χ4v) is 3.14. The summed E-state index contributed by atoms with van der Waals surface area (Å²) in [6.45, 7) is 0. The molecule has 1 N–H and O–H groups in total. The SMILES string of the molecule is N#Cc1ccc(-c2cc(-c3ccc(C#N)cc3)c3cccnc3c2O)cc1. The van der Waals surface area contributed by atoms with Crippen LogP contribution in [0.1, 0.15) is 11.1 Å². The number of hydrogen-bond acceptors (Lipinski definition) is 4. The highest BCUT2D eigenvalue weighted by atomic mass is 16.3. The third kappa shape index (κ3) is 2.86. The van der Waals surface area contributed by atoms with Crippen LogP contribution in [-0.4, -0.2) is 10.1 Å². The summed E-state index contributed by atoms with van der Waals surface area (Å²) in [5.41, 5.74) is 4.95. The van der Waals surface area contributed by atoms with E-state index >= 15 is 0 Å². The van der Waals surface area contributed by atoms with Crippen LogP contribution in [0, 0.1) is 22.7 Å². The summed E-state index contributed by atoms with van der Waals surface area (Å²) in [6.07, 6.45) is 1.65. The zero-order valence-electron chi connectivity index (χ0n) is 14.2. The number of aromatic nitrogens is 1. The van der Waals surface area contributed by atoms with E-state index in [0.717, 1.165) is 22.1 Å². The Balaban J connectivity index is 1.99. The van der Waals surface area contributed by atoms with Gasteiger partial charge >= 0.3 is 0 Å². The molecule has 0 spiro atoms. The highest BCUT2D eigenvalue weighted by Gasteiger charge is 2.15. The van der Waals surface area contributed by atoms with E-state index in [-0.39, 0.29) is 5.75 Å². The van der Waals surface area contributed by atoms with Gasteiger partial charge in [0, 0.05) is 17.1 Å². The van der Waals surface area contributed by atoms with Crippen molar-refractivity contribution in [1.29, 1.82) is 10.5 Å². The van der Waals surface area contributed by atoms with E-state index in [0.29, 0.717) is 22.2 Å². The quantitative estimate of drug-likeness (QED) is 0.552. The molecule has 0 bridgehead atoms. The Hall–Kier alpha value is -4.15. The second-order valence-electron chi connectivity index (χ2n) is 6.10. The second kappa shape index (κ2) is 6.63. The lowest BCUT2D eigenvalue weighted by Crippen LogP contribution is -1.89. The van der Waals surface area contributed by atoms with E-state index in [1.807, 2.05) is 42.5 Å². The molecule has 1 heterocycles. The van der Waals surface area contributed by atoms with Crippen LogP contribution >= 0.6 is 0 Å². The van der Waals surface area contributed by atoms with Crippen molar-refractivity contribution in [3.63, 3.8) is 0 Å². The van der Waals surface area contributed by atoms with Crippen molar-refractivity contribution in [3.05, 3.63) is 84.1 Å². The van der Waals surface area contributed by atoms with E-state index in [4.69, 9.17) is 10.5 Å². The Morgan fingerprint density at radius 2 is 1.30 bits per heavy atom. The van der Waals surface area contributed by atoms with Gasteiger partial charge in [0.15, 0.2) is 0 Å². The van der Waals surface area contributed by atoms with Crippen molar-refractivity contribution in [1.82, 2.24) is 4.98 Å². The number of rotatable bonds is 2. The van der Waals surface area contributed by atoms with Crippen molar-refractivity contribution < 1.29 is 5.11 Å². The van der Waals surface area contributed by atoms with Gasteiger partial charge in [-0.15, -0.1) is 0 Å². The molecule has 0 fully saturated rings. The number of benzene rings is 3. The number of hydrogen-bond donors (Lipinski definition) is 1. The van der Waals surface area contributed by atoms with Gasteiger partial charge in [-0.3, -0.25) is 4.98 Å². The summed E-state index contributed by atoms with van der Waals surface area (Å²) >= 11 is 0. The summed E-state index contributed by atoms with van der Waals surface area (Å²) in [7, 11) is 0. The maximum atomic E-state index is 10.8. The minimum atomic E-state index is 0.104. The van der Waals surface area contributed by atoms with Gasteiger partial charge in [-0.1, -0.05) is 30.3 Å². The number of phenols is 1. The molecule has 0 saturated heterocycles. The molecule has 0 aliphatic carbocycles. The lowest BCUT2D eigenvalue weighted by molar-refractivity contribution is 0.482. The molecule has 3 aromatic carbocycles. The van der Waals surface area contributed by atoms with Gasteiger partial charge in [0.2, 0.25) is 0 Å². The lowest BCUT2D eigenvalue weighted by atomic mass is 9.93. The second-order valence-corrected chi connectivity index (χ2v) is 6.10. The number of aromatic hydroxyl groups is 1. The molecule has 0 unspecified atom stereocenters. The molecule has 0 atom stereocenters. The predicted octanol–water partition coefficient (Wildman–Crippen LogP) is 5.02. The summed E-state index contributed by atoms with van der Waals surface area (Å²) in [5.74, 6) is 0.104. The first-order valence-corrected chi connectivity index (χ1v) is 8.33. The highest BCUT2D eigenvalue weighted by molar-refractivity contribution is 6.02. The van der Waals surface area contributed by atoms with E-state index < -0.39 is 0 Å². The predicted molar refractivity (Wildman–Crippen MR) is 104 cm³/mol. The number of pyridine rings is 1. The molecular formula is C23H13N3O. The lowest BCUT2D eigenvalue weighted by Gasteiger charge is -2.13. The number of nitriles is 2. The van der Waals surface area contributed by atoms with Crippen LogP contribution in [0.4, 0.5) is 0 Å². The average molecular weight is 347 g/mol. The van der Waals surface area contributed by atoms with E-state index in [1.54, 1.807) is 30.5 Å². The van der Waals surface area contributed by atoms with Gasteiger partial charge < -0.3 is 5.11 Å². The minimum absolute atomic E-state index is 0.104. The monoisotopic (exact) mass is 347 g/mol. The number of phenolic OH excluding ortho intramolecular Hbond substituents is 1. The molecule has 0 aliphatic rings. The van der Waals surface area contributed by atoms with Crippen molar-refractivity contribution >= 4 is 10.9 Å². The van der Waals surface area contributed by atoms with Crippen LogP contribution in [-0.2, 0) is 0 Å². The van der Waals surface area contributed by atoms with Gasteiger partial charge in [0.25, 0.3) is 0 Å². The molecule has 4 rings (SSSR count). The molecule has 0 saturated carbocycles. The maximum absolute atomic E-state index is 10.8. The molecule has 4 aromatic rings. The Morgan fingerprint density at radius 3 is 1.85 bits per heavy atom. The van der Waals surface area contributed by atoms with Crippen LogP contribution in [0.15, 0.2) is 72.9 Å². The van der Waals surface area contributed by atoms with Crippen LogP contribution in [0.25, 0.3) is 33.2 Å². The summed E-state index contributed by atoms with van der Waals surface area (Å²) in [6, 6.07) is 24.3. The van der Waals surface area contributed by atoms with Gasteiger partial charge in [-0.2, -0.15) is 10.5 Å². The fourth-order valence-electron chi connectivity index (χ4n) is 3.14. The van der Waals surface area contributed by atoms with Crippen molar-refractivity contribution in [2.75, 3.05) is 0 Å². The molecule has 1 aromatic heterocycles. The van der Waals surface area contributed by atoms with Gasteiger partial charge in [0.05, 0.1) is 23.3 Å². The Morgan fingerprint density at radius 1 is 0.741 bits per heavy atom. The van der Waals surface area contributed by atoms with Crippen molar-refractivity contribution in [2.45, 2.75) is 0 Å². The smallest absolute Gasteiger partial charge is 0.149 e. The first kappa shape index (κ1) is 16.3. The average Bonchev–Trinajstić information content (AvgIpc) is 2.74. The van der Waals surface area contributed by atoms with Crippen LogP contribution in [0.5, 0.6) is 5.75 Å². The zero-order valence-corrected chi connectivity index (χ0v) is 14.2. The largest absolute Gasteiger partial charge is 0.505 e. The van der Waals surface area contributed by atoms with Crippen LogP contribution < -0.4 is 0 Å². The molecule has 0 radical (unpaired) electrons. The molecule has 126 valence electrons. The Bertz CT molecular complexity index is 1230. The minimum Gasteiger partial charge on any atom is -0.505 e. The molecule has 0 aliphatic heterocycles. The molecule has 0 amide bonds. The van der Waals surface area contributed by atoms with E-state index in [1.165, 1.54) is 0 Å². The van der Waals surface area contributed by atoms with Crippen LogP contribution in [0.2, 0.25) is 0 Å². The van der Waals surface area contributed by atoms with E-state index in [2.05, 4.69) is 17.1 Å². The summed E-state index contributed by atoms with van der Waals surface area (Å²) in [5, 5.41) is 29.7. The third-order valence-electron chi connectivity index (χ3n) is 4.52. The zero-order chi connectivity index (χ0) is 18.8. The van der Waals surface area contributed by atoms with E-state index in [9.17, 15) is 5.11 Å². The standard InChI is InChI=1S/C23H13N3O/c24-13-15-3-7-17(8-4-15)20-12-21(18-9-5-16(14-25)6-10-18)23(27)22-19(20)2-1-11-26-22/h1-12,27H. The fraction of sp³-hybridized carbons (Fsp3) is 0. The Kier molecular flexibility index (Phi) is 4.01. The molecular weight excluding hydrogens is 334 g/mol. The Labute approximate surface area is 156 Å². The first-order valence-electron chi connectivity index (χ1n) is 8.33. The molecule has 4 nitrogen and oxygen atoms in total. The van der Waals surface area contributed by atoms with Crippen molar-refractivity contribution in [3.8, 4) is 40.1 Å².